The van der Waals surface area contributed by atoms with Crippen LogP contribution in [-0.4, -0.2) is 30.1 Å². The van der Waals surface area contributed by atoms with Gasteiger partial charge < -0.3 is 15.7 Å². The highest BCUT2D eigenvalue weighted by Gasteiger charge is 2.25. The van der Waals surface area contributed by atoms with Crippen LogP contribution in [0.3, 0.4) is 0 Å². The Bertz CT molecular complexity index is 432. The van der Waals surface area contributed by atoms with Crippen LogP contribution in [0.5, 0.6) is 0 Å². The monoisotopic (exact) mass is 299 g/mol. The van der Waals surface area contributed by atoms with Crippen LogP contribution in [0.15, 0.2) is 22.7 Å². The van der Waals surface area contributed by atoms with Gasteiger partial charge in [-0.2, -0.15) is 0 Å². The normalized spacial score (nSPS) is 11.4. The van der Waals surface area contributed by atoms with Crippen LogP contribution < -0.4 is 10.6 Å². The van der Waals surface area contributed by atoms with Gasteiger partial charge in [0.15, 0.2) is 0 Å². The van der Waals surface area contributed by atoms with Crippen molar-refractivity contribution < 1.29 is 5.11 Å². The Labute approximate surface area is 110 Å². The average Bonchev–Trinajstić information content (AvgIpc) is 2.27. The molecule has 0 aromatic heterocycles. The van der Waals surface area contributed by atoms with E-state index in [0.717, 1.165) is 10.2 Å². The minimum Gasteiger partial charge on any atom is -0.394 e. The van der Waals surface area contributed by atoms with E-state index in [4.69, 9.17) is 11.1 Å². The number of nitrogen functional groups attached to an aromatic ring is 1. The summed E-state index contributed by atoms with van der Waals surface area (Å²) in [5.41, 5.74) is 6.66. The molecular weight excluding hydrogens is 282 g/mol. The Kier molecular flexibility index (Phi) is 4.16. The number of aliphatic hydroxyl groups excluding tert-OH is 1. The summed E-state index contributed by atoms with van der Waals surface area (Å²) in [5, 5.41) is 17.0. The lowest BCUT2D eigenvalue weighted by Crippen LogP contribution is -2.45. The number of aliphatic hydroxyl groups is 1. The third-order valence-corrected chi connectivity index (χ3v) is 3.58. The zero-order valence-electron chi connectivity index (χ0n) is 10.3. The molecule has 4 nitrogen and oxygen atoms in total. The molecule has 0 amide bonds. The first kappa shape index (κ1) is 14.0. The van der Waals surface area contributed by atoms with Crippen molar-refractivity contribution in [2.24, 2.45) is 5.73 Å². The van der Waals surface area contributed by atoms with Gasteiger partial charge >= 0.3 is 0 Å². The number of likely N-dealkylation sites (N-methyl/N-ethyl adjacent to an activating group) is 1. The molecule has 0 radical (unpaired) electrons. The van der Waals surface area contributed by atoms with Crippen molar-refractivity contribution >= 4 is 27.5 Å². The van der Waals surface area contributed by atoms with Crippen LogP contribution in [0, 0.1) is 5.41 Å². The van der Waals surface area contributed by atoms with E-state index in [1.807, 2.05) is 44.0 Å². The van der Waals surface area contributed by atoms with Crippen LogP contribution in [-0.2, 0) is 0 Å². The molecule has 0 atom stereocenters. The van der Waals surface area contributed by atoms with Crippen molar-refractivity contribution in [3.05, 3.63) is 28.2 Å². The van der Waals surface area contributed by atoms with Crippen LogP contribution in [0.25, 0.3) is 0 Å². The summed E-state index contributed by atoms with van der Waals surface area (Å²) in [6, 6.07) is 5.62. The van der Waals surface area contributed by atoms with Gasteiger partial charge in [0, 0.05) is 17.2 Å². The second-order valence-electron chi connectivity index (χ2n) is 4.58. The summed E-state index contributed by atoms with van der Waals surface area (Å²) in [6.45, 7) is 3.88. The molecule has 17 heavy (non-hydrogen) atoms. The molecule has 94 valence electrons. The lowest BCUT2D eigenvalue weighted by molar-refractivity contribution is 0.216. The number of nitrogens with two attached hydrogens (primary N) is 1. The van der Waals surface area contributed by atoms with Gasteiger partial charge in [-0.3, -0.25) is 5.41 Å². The van der Waals surface area contributed by atoms with Crippen molar-refractivity contribution in [1.29, 1.82) is 5.41 Å². The fourth-order valence-corrected chi connectivity index (χ4v) is 2.06. The maximum absolute atomic E-state index is 9.39. The second-order valence-corrected chi connectivity index (χ2v) is 5.43. The topological polar surface area (TPSA) is 73.3 Å². The van der Waals surface area contributed by atoms with Gasteiger partial charge in [0.1, 0.15) is 5.84 Å². The third-order valence-electron chi connectivity index (χ3n) is 2.92. The number of nitrogens with one attached hydrogen (secondary N) is 1. The van der Waals surface area contributed by atoms with E-state index in [-0.39, 0.29) is 12.4 Å². The summed E-state index contributed by atoms with van der Waals surface area (Å²) < 4.78 is 0.781. The number of rotatable bonds is 4. The molecule has 4 N–H and O–H groups in total. The first-order chi connectivity index (χ1) is 7.81. The van der Waals surface area contributed by atoms with E-state index in [1.54, 1.807) is 0 Å². The molecule has 1 aromatic carbocycles. The van der Waals surface area contributed by atoms with Gasteiger partial charge in [-0.1, -0.05) is 6.07 Å². The number of benzene rings is 1. The smallest absolute Gasteiger partial charge is 0.126 e. The van der Waals surface area contributed by atoms with E-state index < -0.39 is 5.54 Å². The number of hydrogen-bond donors (Lipinski definition) is 3. The van der Waals surface area contributed by atoms with Crippen LogP contribution >= 0.6 is 15.9 Å². The largest absolute Gasteiger partial charge is 0.394 e. The fraction of sp³-hybridized carbons (Fsp3) is 0.417. The molecule has 1 rings (SSSR count). The Morgan fingerprint density at radius 2 is 2.12 bits per heavy atom. The number of anilines is 1. The molecule has 0 heterocycles. The van der Waals surface area contributed by atoms with Gasteiger partial charge in [0.25, 0.3) is 0 Å². The summed E-state index contributed by atoms with van der Waals surface area (Å²) >= 11 is 3.39. The Hall–Kier alpha value is -1.07. The maximum atomic E-state index is 9.39. The van der Waals surface area contributed by atoms with Crippen LogP contribution in [0.2, 0.25) is 0 Å². The summed E-state index contributed by atoms with van der Waals surface area (Å²) in [6.07, 6.45) is 0. The zero-order chi connectivity index (χ0) is 13.2. The number of halogens is 1. The molecule has 5 heteroatoms. The minimum absolute atomic E-state index is 0.00747. The standard InChI is InChI=1S/C12H18BrN3O/c1-12(2,7-17)16(3)9-6-4-5-8(13)10(9)11(14)15/h4-6,17H,7H2,1-3H3,(H3,14,15). The van der Waals surface area contributed by atoms with Crippen LogP contribution in [0.1, 0.15) is 19.4 Å². The van der Waals surface area contributed by atoms with Gasteiger partial charge in [-0.25, -0.2) is 0 Å². The summed E-state index contributed by atoms with van der Waals surface area (Å²) in [5.74, 6) is 0.00747. The average molecular weight is 300 g/mol. The zero-order valence-corrected chi connectivity index (χ0v) is 11.9. The molecule has 0 unspecified atom stereocenters. The maximum Gasteiger partial charge on any atom is 0.126 e. The second kappa shape index (κ2) is 5.06. The molecule has 0 aliphatic carbocycles. The molecule has 0 aliphatic rings. The van der Waals surface area contributed by atoms with E-state index in [0.29, 0.717) is 5.56 Å². The van der Waals surface area contributed by atoms with E-state index >= 15 is 0 Å². The fourth-order valence-electron chi connectivity index (χ4n) is 1.49. The molecule has 0 saturated carbocycles. The highest BCUT2D eigenvalue weighted by molar-refractivity contribution is 9.10. The lowest BCUT2D eigenvalue weighted by atomic mass is 10.0. The lowest BCUT2D eigenvalue weighted by Gasteiger charge is -2.37. The number of nitrogens with zero attached hydrogens (tertiary/aromatic N) is 1. The number of amidine groups is 1. The predicted molar refractivity (Wildman–Crippen MR) is 74.7 cm³/mol. The molecular formula is C12H18BrN3O. The third kappa shape index (κ3) is 2.79. The van der Waals surface area contributed by atoms with E-state index in [2.05, 4.69) is 15.9 Å². The van der Waals surface area contributed by atoms with Crippen molar-refractivity contribution in [3.8, 4) is 0 Å². The molecule has 0 bridgehead atoms. The molecule has 1 aromatic rings. The Balaban J connectivity index is 3.32. The molecule has 0 fully saturated rings. The Morgan fingerprint density at radius 3 is 2.59 bits per heavy atom. The molecule has 0 spiro atoms. The minimum atomic E-state index is -0.412. The van der Waals surface area contributed by atoms with Gasteiger partial charge in [0.2, 0.25) is 0 Å². The molecule has 0 saturated heterocycles. The van der Waals surface area contributed by atoms with Gasteiger partial charge in [0.05, 0.1) is 17.7 Å². The van der Waals surface area contributed by atoms with Crippen molar-refractivity contribution in [2.45, 2.75) is 19.4 Å². The number of hydrogen-bond acceptors (Lipinski definition) is 3. The first-order valence-corrected chi connectivity index (χ1v) is 6.08. The highest BCUT2D eigenvalue weighted by Crippen LogP contribution is 2.30. The van der Waals surface area contributed by atoms with Gasteiger partial charge in [-0.05, 0) is 41.9 Å². The van der Waals surface area contributed by atoms with E-state index in [9.17, 15) is 5.11 Å². The molecule has 0 aliphatic heterocycles. The Morgan fingerprint density at radius 1 is 1.53 bits per heavy atom. The van der Waals surface area contributed by atoms with Crippen molar-refractivity contribution in [1.82, 2.24) is 0 Å². The van der Waals surface area contributed by atoms with Crippen molar-refractivity contribution in [2.75, 3.05) is 18.6 Å². The van der Waals surface area contributed by atoms with Gasteiger partial charge in [-0.15, -0.1) is 0 Å². The predicted octanol–water partition coefficient (Wildman–Crippen LogP) is 1.94. The SMILES string of the molecule is CN(c1cccc(Br)c1C(=N)N)C(C)(C)CO. The summed E-state index contributed by atoms with van der Waals surface area (Å²) in [4.78, 5) is 1.93. The quantitative estimate of drug-likeness (QED) is 0.588. The highest BCUT2D eigenvalue weighted by atomic mass is 79.9. The summed E-state index contributed by atoms with van der Waals surface area (Å²) in [7, 11) is 1.88. The van der Waals surface area contributed by atoms with Crippen molar-refractivity contribution in [3.63, 3.8) is 0 Å². The van der Waals surface area contributed by atoms with E-state index in [1.165, 1.54) is 0 Å². The first-order valence-electron chi connectivity index (χ1n) is 5.29. The van der Waals surface area contributed by atoms with Crippen LogP contribution in [0.4, 0.5) is 5.69 Å².